The van der Waals surface area contributed by atoms with Crippen LogP contribution in [0.4, 0.5) is 5.69 Å². The first kappa shape index (κ1) is 14.0. The Hall–Kier alpha value is -2.08. The molecule has 1 atom stereocenters. The minimum Gasteiger partial charge on any atom is -0.497 e. The molecule has 0 aliphatic rings. The minimum atomic E-state index is -1.10. The number of carbonyl (C=O) groups is 2. The lowest BCUT2D eigenvalue weighted by Crippen LogP contribution is -2.26. The molecule has 0 spiro atoms. The molecule has 0 unspecified atom stereocenters. The lowest BCUT2D eigenvalue weighted by Gasteiger charge is -2.09. The number of rotatable bonds is 6. The van der Waals surface area contributed by atoms with Gasteiger partial charge in [0.25, 0.3) is 0 Å². The molecule has 0 aliphatic heterocycles. The zero-order chi connectivity index (χ0) is 13.5. The van der Waals surface area contributed by atoms with Crippen molar-refractivity contribution < 1.29 is 24.2 Å². The highest BCUT2D eigenvalue weighted by Crippen LogP contribution is 2.14. The fraction of sp³-hybridized carbons (Fsp3) is 0.333. The number of anilines is 1. The van der Waals surface area contributed by atoms with Crippen LogP contribution in [-0.2, 0) is 14.3 Å². The summed E-state index contributed by atoms with van der Waals surface area (Å²) < 4.78 is 9.82. The predicted molar refractivity (Wildman–Crippen MR) is 64.7 cm³/mol. The van der Waals surface area contributed by atoms with E-state index >= 15 is 0 Å². The molecule has 6 nitrogen and oxygen atoms in total. The molecule has 0 saturated heterocycles. The van der Waals surface area contributed by atoms with E-state index in [1.165, 1.54) is 6.92 Å². The molecule has 6 heteroatoms. The van der Waals surface area contributed by atoms with Crippen LogP contribution in [0.15, 0.2) is 24.3 Å². The van der Waals surface area contributed by atoms with Gasteiger partial charge in [0.05, 0.1) is 7.11 Å². The number of amides is 1. The maximum atomic E-state index is 11.4. The second kappa shape index (κ2) is 6.61. The third kappa shape index (κ3) is 4.42. The summed E-state index contributed by atoms with van der Waals surface area (Å²) in [6, 6.07) is 6.77. The number of hydrogen-bond donors (Lipinski definition) is 2. The van der Waals surface area contributed by atoms with E-state index in [-0.39, 0.29) is 6.61 Å². The molecule has 18 heavy (non-hydrogen) atoms. The topological polar surface area (TPSA) is 84.9 Å². The fourth-order valence-electron chi connectivity index (χ4n) is 1.14. The van der Waals surface area contributed by atoms with Crippen molar-refractivity contribution in [2.75, 3.05) is 19.0 Å². The number of methoxy groups -OCH3 is 1. The van der Waals surface area contributed by atoms with Crippen LogP contribution >= 0.6 is 0 Å². The summed E-state index contributed by atoms with van der Waals surface area (Å²) in [4.78, 5) is 21.9. The van der Waals surface area contributed by atoms with Crippen molar-refractivity contribution in [3.8, 4) is 5.75 Å². The third-order valence-electron chi connectivity index (χ3n) is 2.19. The molecular formula is C12H15NO5. The van der Waals surface area contributed by atoms with Gasteiger partial charge in [-0.3, -0.25) is 4.79 Å². The Morgan fingerprint density at radius 1 is 1.33 bits per heavy atom. The van der Waals surface area contributed by atoms with Gasteiger partial charge in [-0.05, 0) is 31.2 Å². The monoisotopic (exact) mass is 253 g/mol. The van der Waals surface area contributed by atoms with Crippen LogP contribution in [0.3, 0.4) is 0 Å². The maximum Gasteiger partial charge on any atom is 0.332 e. The number of carboxylic acids is 1. The molecule has 1 aromatic carbocycles. The van der Waals surface area contributed by atoms with E-state index in [4.69, 9.17) is 14.6 Å². The van der Waals surface area contributed by atoms with Gasteiger partial charge in [0.2, 0.25) is 5.91 Å². The maximum absolute atomic E-state index is 11.4. The van der Waals surface area contributed by atoms with Gasteiger partial charge < -0.3 is 19.9 Å². The van der Waals surface area contributed by atoms with E-state index in [2.05, 4.69) is 5.32 Å². The van der Waals surface area contributed by atoms with E-state index in [9.17, 15) is 9.59 Å². The summed E-state index contributed by atoms with van der Waals surface area (Å²) in [6.45, 7) is 1.06. The van der Waals surface area contributed by atoms with Crippen LogP contribution in [0.5, 0.6) is 5.75 Å². The van der Waals surface area contributed by atoms with Crippen molar-refractivity contribution in [1.29, 1.82) is 0 Å². The number of carboxylic acid groups (broad SMARTS) is 1. The highest BCUT2D eigenvalue weighted by atomic mass is 16.5. The summed E-state index contributed by atoms with van der Waals surface area (Å²) in [7, 11) is 1.55. The Morgan fingerprint density at radius 3 is 2.44 bits per heavy atom. The zero-order valence-corrected chi connectivity index (χ0v) is 10.2. The molecular weight excluding hydrogens is 238 g/mol. The van der Waals surface area contributed by atoms with E-state index in [1.807, 2.05) is 0 Å². The number of ether oxygens (including phenoxy) is 2. The lowest BCUT2D eigenvalue weighted by atomic mass is 10.3. The van der Waals surface area contributed by atoms with E-state index in [0.717, 1.165) is 0 Å². The zero-order valence-electron chi connectivity index (χ0n) is 10.2. The first-order valence-electron chi connectivity index (χ1n) is 5.31. The second-order valence-electron chi connectivity index (χ2n) is 3.57. The smallest absolute Gasteiger partial charge is 0.332 e. The van der Waals surface area contributed by atoms with E-state index < -0.39 is 18.0 Å². The van der Waals surface area contributed by atoms with Gasteiger partial charge in [-0.15, -0.1) is 0 Å². The van der Waals surface area contributed by atoms with Gasteiger partial charge in [0.15, 0.2) is 6.10 Å². The van der Waals surface area contributed by atoms with Crippen molar-refractivity contribution in [1.82, 2.24) is 0 Å². The number of carbonyl (C=O) groups excluding carboxylic acids is 1. The third-order valence-corrected chi connectivity index (χ3v) is 2.19. The van der Waals surface area contributed by atoms with Crippen LogP contribution < -0.4 is 10.1 Å². The molecule has 0 aliphatic carbocycles. The van der Waals surface area contributed by atoms with Gasteiger partial charge in [-0.25, -0.2) is 4.79 Å². The van der Waals surface area contributed by atoms with Crippen molar-refractivity contribution in [3.05, 3.63) is 24.3 Å². The standard InChI is InChI=1S/C12H15NO5/c1-8(12(15)16)18-7-11(14)13-9-3-5-10(17-2)6-4-9/h3-6,8H,7H2,1-2H3,(H,13,14)(H,15,16)/t8-/m1/s1. The van der Waals surface area contributed by atoms with Crippen LogP contribution in [0.25, 0.3) is 0 Å². The number of aliphatic carboxylic acids is 1. The number of benzene rings is 1. The molecule has 0 aromatic heterocycles. The first-order valence-corrected chi connectivity index (χ1v) is 5.31. The van der Waals surface area contributed by atoms with Crippen LogP contribution in [0, 0.1) is 0 Å². The van der Waals surface area contributed by atoms with Crippen molar-refractivity contribution >= 4 is 17.6 Å². The Bertz CT molecular complexity index is 415. The van der Waals surface area contributed by atoms with Gasteiger partial charge in [0, 0.05) is 5.69 Å². The quantitative estimate of drug-likeness (QED) is 0.793. The summed E-state index contributed by atoms with van der Waals surface area (Å²) in [6.07, 6.45) is -1.01. The van der Waals surface area contributed by atoms with Crippen molar-refractivity contribution in [2.24, 2.45) is 0 Å². The predicted octanol–water partition coefficient (Wildman–Crippen LogP) is 1.12. The lowest BCUT2D eigenvalue weighted by molar-refractivity contribution is -0.150. The minimum absolute atomic E-state index is 0.306. The summed E-state index contributed by atoms with van der Waals surface area (Å²) in [5.41, 5.74) is 0.590. The largest absolute Gasteiger partial charge is 0.497 e. The second-order valence-corrected chi connectivity index (χ2v) is 3.57. The average Bonchev–Trinajstić information content (AvgIpc) is 2.36. The molecule has 0 radical (unpaired) electrons. The summed E-state index contributed by atoms with van der Waals surface area (Å²) in [5, 5.41) is 11.1. The molecule has 1 amide bonds. The van der Waals surface area contributed by atoms with Crippen molar-refractivity contribution in [3.63, 3.8) is 0 Å². The summed E-state index contributed by atoms with van der Waals surface area (Å²) >= 11 is 0. The Morgan fingerprint density at radius 2 is 1.94 bits per heavy atom. The van der Waals surface area contributed by atoms with Crippen molar-refractivity contribution in [2.45, 2.75) is 13.0 Å². The molecule has 0 saturated carbocycles. The molecule has 98 valence electrons. The van der Waals surface area contributed by atoms with Crippen LogP contribution in [0.1, 0.15) is 6.92 Å². The molecule has 0 bridgehead atoms. The molecule has 0 fully saturated rings. The van der Waals surface area contributed by atoms with Gasteiger partial charge in [0.1, 0.15) is 12.4 Å². The van der Waals surface area contributed by atoms with E-state index in [0.29, 0.717) is 11.4 Å². The highest BCUT2D eigenvalue weighted by Gasteiger charge is 2.13. The fourth-order valence-corrected chi connectivity index (χ4v) is 1.14. The van der Waals surface area contributed by atoms with Crippen LogP contribution in [-0.4, -0.2) is 36.8 Å². The molecule has 0 heterocycles. The van der Waals surface area contributed by atoms with E-state index in [1.54, 1.807) is 31.4 Å². The molecule has 1 rings (SSSR count). The summed E-state index contributed by atoms with van der Waals surface area (Å²) in [5.74, 6) is -0.829. The Balaban J connectivity index is 2.42. The SMILES string of the molecule is COc1ccc(NC(=O)CO[C@H](C)C(=O)O)cc1. The Labute approximate surface area is 105 Å². The number of nitrogens with one attached hydrogen (secondary N) is 1. The Kier molecular flexibility index (Phi) is 5.13. The highest BCUT2D eigenvalue weighted by molar-refractivity contribution is 5.91. The molecule has 2 N–H and O–H groups in total. The van der Waals surface area contributed by atoms with Gasteiger partial charge >= 0.3 is 5.97 Å². The molecule has 1 aromatic rings. The first-order chi connectivity index (χ1) is 8.52. The normalized spacial score (nSPS) is 11.7. The van der Waals surface area contributed by atoms with Gasteiger partial charge in [-0.2, -0.15) is 0 Å². The number of hydrogen-bond acceptors (Lipinski definition) is 4. The average molecular weight is 253 g/mol. The van der Waals surface area contributed by atoms with Gasteiger partial charge in [-0.1, -0.05) is 0 Å². The van der Waals surface area contributed by atoms with Crippen LogP contribution in [0.2, 0.25) is 0 Å².